The monoisotopic (exact) mass is 306 g/mol. The van der Waals surface area contributed by atoms with Crippen molar-refractivity contribution in [2.24, 2.45) is 16.5 Å². The van der Waals surface area contributed by atoms with E-state index in [1.807, 2.05) is 11.5 Å². The Morgan fingerprint density at radius 1 is 1.32 bits per heavy atom. The van der Waals surface area contributed by atoms with Crippen LogP contribution < -0.4 is 11.5 Å². The van der Waals surface area contributed by atoms with E-state index in [1.165, 1.54) is 0 Å². The van der Waals surface area contributed by atoms with Crippen molar-refractivity contribution in [3.63, 3.8) is 0 Å². The first-order valence-corrected chi connectivity index (χ1v) is 6.48. The van der Waals surface area contributed by atoms with Crippen LogP contribution in [-0.4, -0.2) is 39.3 Å². The van der Waals surface area contributed by atoms with Crippen molar-refractivity contribution >= 4 is 27.8 Å². The van der Waals surface area contributed by atoms with Gasteiger partial charge in [0.1, 0.15) is 0 Å². The first kappa shape index (κ1) is 17.7. The van der Waals surface area contributed by atoms with Gasteiger partial charge >= 0.3 is 110 Å². The zero-order chi connectivity index (χ0) is 14.9. The Morgan fingerprint density at radius 3 is 2.21 bits per heavy atom. The van der Waals surface area contributed by atoms with Gasteiger partial charge in [0.2, 0.25) is 0 Å². The summed E-state index contributed by atoms with van der Waals surface area (Å²) in [5, 5.41) is 19.0. The number of aliphatic imine (C=N–C) groups is 1. The van der Waals surface area contributed by atoms with Gasteiger partial charge in [-0.15, -0.1) is 0 Å². The molecular formula is C8H12N4O5P2. The van der Waals surface area contributed by atoms with Crippen LogP contribution in [0.1, 0.15) is 12.8 Å². The molecule has 0 aromatic heterocycles. The summed E-state index contributed by atoms with van der Waals surface area (Å²) in [6.07, 6.45) is -0.198. The summed E-state index contributed by atoms with van der Waals surface area (Å²) in [7, 11) is -1.39. The predicted octanol–water partition coefficient (Wildman–Crippen LogP) is -0.468. The van der Waals surface area contributed by atoms with Gasteiger partial charge in [-0.25, -0.2) is 0 Å². The van der Waals surface area contributed by atoms with E-state index in [4.69, 9.17) is 16.6 Å². The number of aliphatic carboxylic acids is 1. The van der Waals surface area contributed by atoms with E-state index in [1.54, 1.807) is 0 Å². The molecule has 0 saturated heterocycles. The van der Waals surface area contributed by atoms with Gasteiger partial charge in [-0.1, -0.05) is 0 Å². The number of guanidine groups is 1. The summed E-state index contributed by atoms with van der Waals surface area (Å²) < 4.78 is 20.8. The second kappa shape index (κ2) is 8.73. The Kier molecular flexibility index (Phi) is 8.12. The summed E-state index contributed by atoms with van der Waals surface area (Å²) in [6, 6.07) is 0. The number of nitrogens with zero attached hydrogens (tertiary/aromatic N) is 2. The number of carbonyl (C=O) groups is 1. The van der Waals surface area contributed by atoms with E-state index >= 15 is 0 Å². The first-order valence-electron chi connectivity index (χ1n) is 4.86. The standard InChI is InChI=1S/C8H12N4O5P2/c9-7(10)11-3-1-2-8(15,6(13)14)12(4-18-16)5-19-17/h15H,1-3H2,(H,13,14)(H4,9,10,11)/t8-/m1/s1. The Balaban J connectivity index is 5.09. The Bertz CT molecular complexity index is 536. The van der Waals surface area contributed by atoms with Crippen molar-refractivity contribution in [1.29, 1.82) is 0 Å². The third-order valence-corrected chi connectivity index (χ3v) is 2.54. The average molecular weight is 306 g/mol. The molecule has 9 nitrogen and oxygen atoms in total. The maximum absolute atomic E-state index is 11.1. The zero-order valence-electron chi connectivity index (χ0n) is 9.68. The molecule has 0 fully saturated rings. The van der Waals surface area contributed by atoms with E-state index in [-0.39, 0.29) is 25.3 Å². The number of aliphatic hydroxyl groups is 1. The molecule has 0 rings (SSSR count). The summed E-state index contributed by atoms with van der Waals surface area (Å²) in [5.74, 6) is 2.14. The quantitative estimate of drug-likeness (QED) is 0.128. The number of hydrogen-bond donors (Lipinski definition) is 4. The van der Waals surface area contributed by atoms with Crippen LogP contribution in [-0.2, 0) is 13.9 Å². The molecule has 0 heterocycles. The molecule has 0 bridgehead atoms. The Morgan fingerprint density at radius 2 is 1.84 bits per heavy atom. The Hall–Kier alpha value is -1.32. The fraction of sp³-hybridized carbons (Fsp3) is 0.500. The molecule has 0 aromatic carbocycles. The van der Waals surface area contributed by atoms with E-state index in [0.29, 0.717) is 4.90 Å². The van der Waals surface area contributed by atoms with Gasteiger partial charge < -0.3 is 0 Å². The average Bonchev–Trinajstić information content (AvgIpc) is 2.33. The van der Waals surface area contributed by atoms with E-state index < -0.39 is 27.5 Å². The second-order valence-electron chi connectivity index (χ2n) is 3.25. The summed E-state index contributed by atoms with van der Waals surface area (Å²) in [5.41, 5.74) is 7.69. The van der Waals surface area contributed by atoms with Crippen molar-refractivity contribution in [1.82, 2.24) is 4.90 Å². The molecule has 0 unspecified atom stereocenters. The van der Waals surface area contributed by atoms with Crippen LogP contribution in [0.5, 0.6) is 0 Å². The topological polar surface area (TPSA) is 159 Å². The summed E-state index contributed by atoms with van der Waals surface area (Å²) in [6.45, 7) is 0.0932. The van der Waals surface area contributed by atoms with Crippen LogP contribution in [0.3, 0.4) is 0 Å². The Labute approximate surface area is 110 Å². The fourth-order valence-electron chi connectivity index (χ4n) is 1.12. The van der Waals surface area contributed by atoms with E-state index in [2.05, 4.69) is 4.99 Å². The molecular weight excluding hydrogens is 294 g/mol. The van der Waals surface area contributed by atoms with Gasteiger partial charge in [-0.2, -0.15) is 0 Å². The molecule has 11 heteroatoms. The van der Waals surface area contributed by atoms with Gasteiger partial charge in [0, 0.05) is 0 Å². The van der Waals surface area contributed by atoms with Crippen molar-refractivity contribution < 1.29 is 24.1 Å². The molecule has 0 radical (unpaired) electrons. The predicted molar refractivity (Wildman–Crippen MR) is 67.3 cm³/mol. The minimum atomic E-state index is -2.48. The van der Waals surface area contributed by atoms with Crippen LogP contribution in [0.4, 0.5) is 0 Å². The third-order valence-electron chi connectivity index (χ3n) is 1.97. The van der Waals surface area contributed by atoms with Crippen molar-refractivity contribution in [3.8, 4) is 11.5 Å². The molecule has 0 aromatic rings. The van der Waals surface area contributed by atoms with Crippen LogP contribution in [0, 0.1) is 11.5 Å². The zero-order valence-corrected chi connectivity index (χ0v) is 11.5. The fourth-order valence-corrected chi connectivity index (χ4v) is 1.79. The molecule has 0 aliphatic heterocycles. The second-order valence-corrected chi connectivity index (χ2v) is 4.02. The van der Waals surface area contributed by atoms with Crippen LogP contribution in [0.15, 0.2) is 4.99 Å². The van der Waals surface area contributed by atoms with Crippen LogP contribution in [0.25, 0.3) is 0 Å². The van der Waals surface area contributed by atoms with Crippen molar-refractivity contribution in [2.75, 3.05) is 6.54 Å². The van der Waals surface area contributed by atoms with Gasteiger partial charge in [0.05, 0.1) is 0 Å². The van der Waals surface area contributed by atoms with E-state index in [9.17, 15) is 19.0 Å². The van der Waals surface area contributed by atoms with Crippen molar-refractivity contribution in [3.05, 3.63) is 0 Å². The van der Waals surface area contributed by atoms with Gasteiger partial charge in [-0.3, -0.25) is 0 Å². The SMILES string of the molecule is NC(N)=NCCC[C@@](O)(C(=O)O)N(C#P=O)C#P=O. The molecule has 0 saturated carbocycles. The molecule has 0 aliphatic rings. The molecule has 0 spiro atoms. The first-order chi connectivity index (χ1) is 8.88. The number of hydrogen-bond acceptors (Lipinski definition) is 6. The van der Waals surface area contributed by atoms with E-state index in [0.717, 1.165) is 0 Å². The number of rotatable bonds is 6. The van der Waals surface area contributed by atoms with Crippen LogP contribution in [0.2, 0.25) is 0 Å². The summed E-state index contributed by atoms with van der Waals surface area (Å²) in [4.78, 5) is 15.1. The molecule has 19 heavy (non-hydrogen) atoms. The number of nitrogens with two attached hydrogens (primary N) is 2. The number of carboxylic acid groups (broad SMARTS) is 1. The van der Waals surface area contributed by atoms with Gasteiger partial charge in [0.25, 0.3) is 0 Å². The number of carboxylic acids is 1. The van der Waals surface area contributed by atoms with Crippen LogP contribution >= 0.6 is 15.8 Å². The minimum absolute atomic E-state index is 0.0932. The third kappa shape index (κ3) is 5.90. The molecule has 6 N–H and O–H groups in total. The maximum atomic E-state index is 11.1. The normalized spacial score (nSPS) is 12.7. The molecule has 1 atom stereocenters. The van der Waals surface area contributed by atoms with Gasteiger partial charge in [-0.05, 0) is 0 Å². The summed E-state index contributed by atoms with van der Waals surface area (Å²) >= 11 is 0. The molecule has 104 valence electrons. The van der Waals surface area contributed by atoms with Crippen molar-refractivity contribution in [2.45, 2.75) is 18.6 Å². The van der Waals surface area contributed by atoms with Gasteiger partial charge in [0.15, 0.2) is 0 Å². The molecule has 0 amide bonds. The molecule has 0 aliphatic carbocycles.